The average molecular weight is 552 g/mol. The van der Waals surface area contributed by atoms with Gasteiger partial charge in [0, 0.05) is 0 Å². The monoisotopic (exact) mass is 552 g/mol. The van der Waals surface area contributed by atoms with Crippen LogP contribution < -0.4 is 0 Å². The number of hydrogen-bond acceptors (Lipinski definition) is 4. The summed E-state index contributed by atoms with van der Waals surface area (Å²) >= 11 is -2.18. The van der Waals surface area contributed by atoms with E-state index in [0.717, 1.165) is 12.8 Å². The molecule has 0 unspecified atom stereocenters. The first-order valence-corrected chi connectivity index (χ1v) is 13.2. The van der Waals surface area contributed by atoms with E-state index in [-0.39, 0.29) is 5.97 Å². The maximum atomic E-state index is 11.3. The Morgan fingerprint density at radius 2 is 1.08 bits per heavy atom. The van der Waals surface area contributed by atoms with Crippen LogP contribution in [0.3, 0.4) is 0 Å². The number of carbonyl (C=O) groups excluding carboxylic acids is 1. The zero-order valence-electron chi connectivity index (χ0n) is 15.9. The third kappa shape index (κ3) is 21.6. The summed E-state index contributed by atoms with van der Waals surface area (Å²) in [5.41, 5.74) is 0. The fourth-order valence-electron chi connectivity index (χ4n) is 2.79. The minimum atomic E-state index is -2.18. The molecular weight excluding hydrogens is 515 g/mol. The fourth-order valence-corrected chi connectivity index (χ4v) is 3.99. The molecule has 6 heteroatoms. The van der Waals surface area contributed by atoms with Gasteiger partial charge in [-0.1, -0.05) is 45.4 Å². The van der Waals surface area contributed by atoms with Gasteiger partial charge in [-0.2, -0.15) is 0 Å². The molecule has 0 aromatic heterocycles. The summed E-state index contributed by atoms with van der Waals surface area (Å²) in [6, 6.07) is 0. The van der Waals surface area contributed by atoms with Crippen molar-refractivity contribution >= 4 is 37.3 Å². The number of hydrogen-bond donors (Lipinski definition) is 1. The third-order valence-corrected chi connectivity index (χ3v) is 6.48. The standard InChI is InChI=1S/C18H36O2.CH2O3.Pb/c1-2-3-4-5-6-7-8-9-10-11-12-13-14-15-16-17-18(19)20;2-1(3)4;/h2-17H2,1H3,(H,19,20);(H2,2,3,4);/q;;+2/p-2. The molecule has 0 aliphatic rings. The third-order valence-electron chi connectivity index (χ3n) is 4.27. The molecule has 5 nitrogen and oxygen atoms in total. The molecule has 0 heterocycles. The molecule has 0 aliphatic heterocycles. The molecule has 146 valence electrons. The first kappa shape index (κ1) is 24.7. The number of carboxylic acid groups (broad SMARTS) is 1. The molecule has 0 spiro atoms. The van der Waals surface area contributed by atoms with Crippen molar-refractivity contribution in [3.8, 4) is 0 Å². The van der Waals surface area contributed by atoms with E-state index in [1.54, 1.807) is 0 Å². The summed E-state index contributed by atoms with van der Waals surface area (Å²) in [5.74, 6) is -0.306. The van der Waals surface area contributed by atoms with Gasteiger partial charge in [0.2, 0.25) is 0 Å². The van der Waals surface area contributed by atoms with Crippen LogP contribution in [0.25, 0.3) is 0 Å². The molecule has 0 rings (SSSR count). The molecular formula is C19H36O5Pb. The van der Waals surface area contributed by atoms with Crippen molar-refractivity contribution in [2.75, 3.05) is 0 Å². The maximum absolute atomic E-state index is 11.3. The Labute approximate surface area is 166 Å². The van der Waals surface area contributed by atoms with Crippen LogP contribution in [0.5, 0.6) is 0 Å². The molecule has 0 bridgehead atoms. The molecule has 25 heavy (non-hydrogen) atoms. The van der Waals surface area contributed by atoms with Gasteiger partial charge in [0.15, 0.2) is 0 Å². The zero-order valence-corrected chi connectivity index (χ0v) is 19.8. The van der Waals surface area contributed by atoms with Gasteiger partial charge >= 0.3 is 122 Å². The number of unbranched alkanes of at least 4 members (excludes halogenated alkanes) is 14. The van der Waals surface area contributed by atoms with Crippen molar-refractivity contribution in [2.24, 2.45) is 0 Å². The summed E-state index contributed by atoms with van der Waals surface area (Å²) in [5, 5.41) is 8.28. The Hall–Kier alpha value is -0.338. The van der Waals surface area contributed by atoms with E-state index in [1.165, 1.54) is 83.5 Å². The quantitative estimate of drug-likeness (QED) is 0.167. The number of rotatable bonds is 18. The Morgan fingerprint density at radius 1 is 0.680 bits per heavy atom. The Bertz CT molecular complexity index is 323. The van der Waals surface area contributed by atoms with E-state index in [1.807, 2.05) is 0 Å². The molecule has 0 saturated carbocycles. The van der Waals surface area contributed by atoms with Gasteiger partial charge in [-0.3, -0.25) is 0 Å². The van der Waals surface area contributed by atoms with Gasteiger partial charge in [-0.05, 0) is 0 Å². The number of carbonyl (C=O) groups is 2. The van der Waals surface area contributed by atoms with Crippen molar-refractivity contribution in [1.29, 1.82) is 0 Å². The molecule has 1 N–H and O–H groups in total. The Balaban J connectivity index is 3.11. The van der Waals surface area contributed by atoms with Gasteiger partial charge in [-0.15, -0.1) is 0 Å². The van der Waals surface area contributed by atoms with E-state index in [4.69, 9.17) is 7.79 Å². The van der Waals surface area contributed by atoms with Crippen molar-refractivity contribution in [1.82, 2.24) is 0 Å². The van der Waals surface area contributed by atoms with E-state index in [9.17, 15) is 9.59 Å². The molecule has 2 radical (unpaired) electrons. The molecule has 0 amide bonds. The molecule has 0 aromatic rings. The summed E-state index contributed by atoms with van der Waals surface area (Å²) in [7, 11) is 0. The zero-order chi connectivity index (χ0) is 18.6. The van der Waals surface area contributed by atoms with E-state index >= 15 is 0 Å². The minimum absolute atomic E-state index is 0.306. The van der Waals surface area contributed by atoms with Crippen molar-refractivity contribution in [2.45, 2.75) is 110 Å². The predicted octanol–water partition coefficient (Wildman–Crippen LogP) is 6.02. The summed E-state index contributed by atoms with van der Waals surface area (Å²) in [6.45, 7) is 2.26. The fraction of sp³-hybridized carbons (Fsp3) is 0.895. The Kier molecular flexibility index (Phi) is 19.7. The summed E-state index contributed by atoms with van der Waals surface area (Å²) in [4.78, 5) is 21.4. The molecule has 0 aliphatic carbocycles. The van der Waals surface area contributed by atoms with Crippen LogP contribution in [-0.2, 0) is 10.2 Å². The van der Waals surface area contributed by atoms with Crippen LogP contribution in [0.1, 0.15) is 110 Å². The molecule has 0 aromatic carbocycles. The molecule has 0 fully saturated rings. The van der Waals surface area contributed by atoms with Gasteiger partial charge in [-0.25, -0.2) is 0 Å². The second-order valence-electron chi connectivity index (χ2n) is 6.63. The van der Waals surface area contributed by atoms with Gasteiger partial charge in [0.05, 0.1) is 0 Å². The predicted molar refractivity (Wildman–Crippen MR) is 101 cm³/mol. The van der Waals surface area contributed by atoms with Crippen LogP contribution in [-0.4, -0.2) is 42.4 Å². The molecule has 0 saturated heterocycles. The first-order valence-electron chi connectivity index (χ1n) is 10.0. The van der Waals surface area contributed by atoms with Crippen LogP contribution in [0.4, 0.5) is 4.79 Å². The average Bonchev–Trinajstić information content (AvgIpc) is 2.58. The van der Waals surface area contributed by atoms with Crippen molar-refractivity contribution in [3.05, 3.63) is 0 Å². The van der Waals surface area contributed by atoms with Gasteiger partial charge < -0.3 is 0 Å². The van der Waals surface area contributed by atoms with Crippen LogP contribution >= 0.6 is 0 Å². The first-order chi connectivity index (χ1) is 12.2. The van der Waals surface area contributed by atoms with E-state index in [2.05, 4.69) is 9.61 Å². The van der Waals surface area contributed by atoms with Gasteiger partial charge in [0.25, 0.3) is 0 Å². The van der Waals surface area contributed by atoms with E-state index in [0.29, 0.717) is 6.42 Å². The van der Waals surface area contributed by atoms with Crippen molar-refractivity contribution in [3.63, 3.8) is 0 Å². The SMILES string of the molecule is CCCCCCCCCCCCCCCCCC(=O)[O][Pb][O]C(=O)O. The van der Waals surface area contributed by atoms with Crippen LogP contribution in [0, 0.1) is 0 Å². The van der Waals surface area contributed by atoms with Gasteiger partial charge in [0.1, 0.15) is 0 Å². The Morgan fingerprint density at radius 3 is 1.48 bits per heavy atom. The van der Waals surface area contributed by atoms with Crippen LogP contribution in [0.2, 0.25) is 0 Å². The van der Waals surface area contributed by atoms with Crippen molar-refractivity contribution < 1.29 is 20.1 Å². The second-order valence-corrected chi connectivity index (χ2v) is 8.86. The normalized spacial score (nSPS) is 10.6. The second kappa shape index (κ2) is 20.0. The topological polar surface area (TPSA) is 72.8 Å². The van der Waals surface area contributed by atoms with E-state index < -0.39 is 31.3 Å². The summed E-state index contributed by atoms with van der Waals surface area (Å²) in [6.07, 6.45) is 18.4. The van der Waals surface area contributed by atoms with Crippen LogP contribution in [0.15, 0.2) is 0 Å². The summed E-state index contributed by atoms with van der Waals surface area (Å²) < 4.78 is 9.13. The molecule has 0 atom stereocenters.